The number of primary amides is 1. The first-order valence-electron chi connectivity index (χ1n) is 6.96. The molecule has 3 N–H and O–H groups in total. The second kappa shape index (κ2) is 6.18. The summed E-state index contributed by atoms with van der Waals surface area (Å²) in [6.07, 6.45) is 6.42. The molecule has 0 atom stereocenters. The number of nitrogens with one attached hydrogen (secondary N) is 1. The molecule has 0 unspecified atom stereocenters. The van der Waals surface area contributed by atoms with E-state index in [9.17, 15) is 9.59 Å². The van der Waals surface area contributed by atoms with Crippen molar-refractivity contribution in [1.29, 1.82) is 0 Å². The molecule has 0 spiro atoms. The van der Waals surface area contributed by atoms with Crippen molar-refractivity contribution < 1.29 is 9.59 Å². The molecule has 2 aliphatic rings. The lowest BCUT2D eigenvalue weighted by Crippen LogP contribution is -2.45. The third-order valence-electron chi connectivity index (χ3n) is 4.04. The average molecular weight is 253 g/mol. The van der Waals surface area contributed by atoms with E-state index < -0.39 is 0 Å². The van der Waals surface area contributed by atoms with Gasteiger partial charge in [-0.1, -0.05) is 12.8 Å². The Labute approximate surface area is 108 Å². The van der Waals surface area contributed by atoms with Gasteiger partial charge in [0.1, 0.15) is 0 Å². The second-order valence-corrected chi connectivity index (χ2v) is 5.51. The van der Waals surface area contributed by atoms with Crippen molar-refractivity contribution in [2.24, 2.45) is 11.7 Å². The Bertz CT molecular complexity index is 305. The standard InChI is InChI=1S/C13H23N3O2/c14-12(17)9-16-7-5-10(6-8-16)13(18)15-11-3-1-2-4-11/h10-11H,1-9H2,(H2,14,17)(H,15,18). The molecule has 102 valence electrons. The number of rotatable bonds is 4. The highest BCUT2D eigenvalue weighted by molar-refractivity contribution is 5.79. The van der Waals surface area contributed by atoms with Crippen LogP contribution in [0, 0.1) is 5.92 Å². The van der Waals surface area contributed by atoms with Gasteiger partial charge in [0, 0.05) is 12.0 Å². The Morgan fingerprint density at radius 3 is 2.28 bits per heavy atom. The van der Waals surface area contributed by atoms with Crippen LogP contribution in [0.25, 0.3) is 0 Å². The van der Waals surface area contributed by atoms with Gasteiger partial charge < -0.3 is 11.1 Å². The number of carbonyl (C=O) groups excluding carboxylic acids is 2. The molecular weight excluding hydrogens is 230 g/mol. The Kier molecular flexibility index (Phi) is 4.58. The lowest BCUT2D eigenvalue weighted by atomic mass is 9.95. The first-order chi connectivity index (χ1) is 8.65. The summed E-state index contributed by atoms with van der Waals surface area (Å²) in [6, 6.07) is 0.404. The van der Waals surface area contributed by atoms with Crippen LogP contribution in [0.2, 0.25) is 0 Å². The first kappa shape index (κ1) is 13.3. The molecule has 0 aromatic heterocycles. The van der Waals surface area contributed by atoms with Crippen molar-refractivity contribution in [2.75, 3.05) is 19.6 Å². The highest BCUT2D eigenvalue weighted by Gasteiger charge is 2.27. The minimum absolute atomic E-state index is 0.120. The van der Waals surface area contributed by atoms with Gasteiger partial charge in [-0.2, -0.15) is 0 Å². The van der Waals surface area contributed by atoms with Crippen LogP contribution in [-0.4, -0.2) is 42.4 Å². The molecule has 2 fully saturated rings. The van der Waals surface area contributed by atoms with E-state index in [1.165, 1.54) is 12.8 Å². The summed E-state index contributed by atoms with van der Waals surface area (Å²) >= 11 is 0. The van der Waals surface area contributed by atoms with Gasteiger partial charge in [0.2, 0.25) is 11.8 Å². The highest BCUT2D eigenvalue weighted by atomic mass is 16.2. The summed E-state index contributed by atoms with van der Waals surface area (Å²) in [5.41, 5.74) is 5.17. The number of likely N-dealkylation sites (tertiary alicyclic amines) is 1. The third kappa shape index (κ3) is 3.70. The minimum atomic E-state index is -0.288. The second-order valence-electron chi connectivity index (χ2n) is 5.51. The summed E-state index contributed by atoms with van der Waals surface area (Å²) in [4.78, 5) is 24.9. The number of nitrogens with two attached hydrogens (primary N) is 1. The molecule has 1 heterocycles. The van der Waals surface area contributed by atoms with Crippen LogP contribution in [-0.2, 0) is 9.59 Å². The molecule has 0 bridgehead atoms. The zero-order valence-corrected chi connectivity index (χ0v) is 10.9. The van der Waals surface area contributed by atoms with Crippen LogP contribution in [0.5, 0.6) is 0 Å². The molecular formula is C13H23N3O2. The van der Waals surface area contributed by atoms with Gasteiger partial charge in [-0.3, -0.25) is 14.5 Å². The molecule has 18 heavy (non-hydrogen) atoms. The van der Waals surface area contributed by atoms with Crippen LogP contribution >= 0.6 is 0 Å². The predicted molar refractivity (Wildman–Crippen MR) is 68.8 cm³/mol. The lowest BCUT2D eigenvalue weighted by Gasteiger charge is -2.30. The summed E-state index contributed by atoms with van der Waals surface area (Å²) in [5, 5.41) is 3.16. The third-order valence-corrected chi connectivity index (χ3v) is 4.04. The van der Waals surface area contributed by atoms with Gasteiger partial charge in [0.05, 0.1) is 6.54 Å². The summed E-state index contributed by atoms with van der Waals surface area (Å²) in [6.45, 7) is 1.91. The van der Waals surface area contributed by atoms with Crippen LogP contribution in [0.1, 0.15) is 38.5 Å². The van der Waals surface area contributed by atoms with Crippen molar-refractivity contribution in [3.05, 3.63) is 0 Å². The number of carbonyl (C=O) groups is 2. The van der Waals surface area contributed by atoms with E-state index in [0.717, 1.165) is 38.8 Å². The van der Waals surface area contributed by atoms with Gasteiger partial charge >= 0.3 is 0 Å². The summed E-state index contributed by atoms with van der Waals surface area (Å²) in [7, 11) is 0. The zero-order valence-electron chi connectivity index (χ0n) is 10.9. The number of piperidine rings is 1. The van der Waals surface area contributed by atoms with Crippen molar-refractivity contribution in [2.45, 2.75) is 44.6 Å². The fourth-order valence-corrected chi connectivity index (χ4v) is 2.96. The van der Waals surface area contributed by atoms with E-state index in [-0.39, 0.29) is 17.7 Å². The molecule has 2 amide bonds. The summed E-state index contributed by atoms with van der Waals surface area (Å²) in [5.74, 6) is 0.0409. The Balaban J connectivity index is 1.71. The van der Waals surface area contributed by atoms with E-state index in [1.807, 2.05) is 4.90 Å². The first-order valence-corrected chi connectivity index (χ1v) is 6.96. The van der Waals surface area contributed by atoms with Gasteiger partial charge in [0.25, 0.3) is 0 Å². The lowest BCUT2D eigenvalue weighted by molar-refractivity contribution is -0.127. The highest BCUT2D eigenvalue weighted by Crippen LogP contribution is 2.21. The molecule has 0 radical (unpaired) electrons. The number of nitrogens with zero attached hydrogens (tertiary/aromatic N) is 1. The SMILES string of the molecule is NC(=O)CN1CCC(C(=O)NC2CCCC2)CC1. The van der Waals surface area contributed by atoms with Gasteiger partial charge in [-0.25, -0.2) is 0 Å². The maximum atomic E-state index is 12.1. The minimum Gasteiger partial charge on any atom is -0.369 e. The quantitative estimate of drug-likeness (QED) is 0.753. The predicted octanol–water partition coefficient (Wildman–Crippen LogP) is 0.242. The van der Waals surface area contributed by atoms with E-state index in [0.29, 0.717) is 12.6 Å². The van der Waals surface area contributed by atoms with Crippen molar-refractivity contribution in [3.63, 3.8) is 0 Å². The number of amides is 2. The average Bonchev–Trinajstić information content (AvgIpc) is 2.82. The Morgan fingerprint density at radius 1 is 1.11 bits per heavy atom. The fourth-order valence-electron chi connectivity index (χ4n) is 2.96. The van der Waals surface area contributed by atoms with Gasteiger partial charge in [-0.05, 0) is 38.8 Å². The molecule has 2 rings (SSSR count). The van der Waals surface area contributed by atoms with E-state index in [1.54, 1.807) is 0 Å². The van der Waals surface area contributed by atoms with Crippen molar-refractivity contribution >= 4 is 11.8 Å². The topological polar surface area (TPSA) is 75.4 Å². The van der Waals surface area contributed by atoms with Crippen LogP contribution < -0.4 is 11.1 Å². The van der Waals surface area contributed by atoms with Gasteiger partial charge in [0.15, 0.2) is 0 Å². The van der Waals surface area contributed by atoms with E-state index in [4.69, 9.17) is 5.73 Å². The van der Waals surface area contributed by atoms with Crippen molar-refractivity contribution in [3.8, 4) is 0 Å². The fraction of sp³-hybridized carbons (Fsp3) is 0.846. The summed E-state index contributed by atoms with van der Waals surface area (Å²) < 4.78 is 0. The molecule has 0 aromatic rings. The monoisotopic (exact) mass is 253 g/mol. The Morgan fingerprint density at radius 2 is 1.72 bits per heavy atom. The molecule has 5 heteroatoms. The smallest absolute Gasteiger partial charge is 0.231 e. The maximum absolute atomic E-state index is 12.1. The number of hydrogen-bond donors (Lipinski definition) is 2. The number of hydrogen-bond acceptors (Lipinski definition) is 3. The van der Waals surface area contributed by atoms with E-state index >= 15 is 0 Å². The largest absolute Gasteiger partial charge is 0.369 e. The molecule has 1 aliphatic carbocycles. The molecule has 1 saturated heterocycles. The van der Waals surface area contributed by atoms with Crippen LogP contribution in [0.15, 0.2) is 0 Å². The zero-order chi connectivity index (χ0) is 13.0. The molecule has 5 nitrogen and oxygen atoms in total. The molecule has 0 aromatic carbocycles. The van der Waals surface area contributed by atoms with E-state index in [2.05, 4.69) is 5.32 Å². The van der Waals surface area contributed by atoms with Crippen LogP contribution in [0.4, 0.5) is 0 Å². The Hall–Kier alpha value is -1.10. The van der Waals surface area contributed by atoms with Crippen molar-refractivity contribution in [1.82, 2.24) is 10.2 Å². The normalized spacial score (nSPS) is 23.1. The van der Waals surface area contributed by atoms with Crippen LogP contribution in [0.3, 0.4) is 0 Å². The van der Waals surface area contributed by atoms with Gasteiger partial charge in [-0.15, -0.1) is 0 Å². The molecule has 1 saturated carbocycles. The maximum Gasteiger partial charge on any atom is 0.231 e. The molecule has 1 aliphatic heterocycles.